The highest BCUT2D eigenvalue weighted by Crippen LogP contribution is 2.30. The first-order valence-electron chi connectivity index (χ1n) is 8.49. The molecule has 0 bridgehead atoms. The molecule has 27 heavy (non-hydrogen) atoms. The summed E-state index contributed by atoms with van der Waals surface area (Å²) in [5.74, 6) is -0.324. The van der Waals surface area contributed by atoms with E-state index in [4.69, 9.17) is 0 Å². The van der Waals surface area contributed by atoms with E-state index in [1.54, 1.807) is 0 Å². The van der Waals surface area contributed by atoms with Crippen molar-refractivity contribution in [1.29, 1.82) is 0 Å². The molecule has 1 aromatic carbocycles. The lowest BCUT2D eigenvalue weighted by Gasteiger charge is -2.34. The lowest BCUT2D eigenvalue weighted by Crippen LogP contribution is -2.43. The molecule has 0 radical (unpaired) electrons. The topological polar surface area (TPSA) is 59.0 Å². The van der Waals surface area contributed by atoms with Crippen molar-refractivity contribution in [1.82, 2.24) is 20.4 Å². The number of halogens is 4. The Bertz CT molecular complexity index is 785. The van der Waals surface area contributed by atoms with Crippen LogP contribution < -0.4 is 10.6 Å². The molecule has 1 aliphatic heterocycles. The molecule has 0 aliphatic carbocycles. The highest BCUT2D eigenvalue weighted by atomic mass is 35.5. The van der Waals surface area contributed by atoms with Crippen molar-refractivity contribution in [2.24, 2.45) is 5.41 Å². The van der Waals surface area contributed by atoms with Crippen LogP contribution in [0, 0.1) is 5.41 Å². The molecule has 3 rings (SSSR count). The van der Waals surface area contributed by atoms with Crippen molar-refractivity contribution in [2.45, 2.75) is 25.9 Å². The van der Waals surface area contributed by atoms with E-state index in [1.807, 2.05) is 0 Å². The summed E-state index contributed by atoms with van der Waals surface area (Å²) in [6.07, 6.45) is -0.984. The number of benzene rings is 1. The van der Waals surface area contributed by atoms with E-state index in [0.29, 0.717) is 6.54 Å². The number of alkyl halides is 3. The van der Waals surface area contributed by atoms with Crippen LogP contribution in [0.4, 0.5) is 13.2 Å². The Labute approximate surface area is 161 Å². The van der Waals surface area contributed by atoms with Crippen LogP contribution in [0.2, 0.25) is 0 Å². The minimum atomic E-state index is -4.42. The van der Waals surface area contributed by atoms with Crippen LogP contribution in [-0.4, -0.2) is 35.3 Å². The Kier molecular flexibility index (Phi) is 6.54. The van der Waals surface area contributed by atoms with Crippen LogP contribution in [0.5, 0.6) is 0 Å². The number of piperidine rings is 1. The molecular weight excluding hydrogens is 381 g/mol. The van der Waals surface area contributed by atoms with Gasteiger partial charge in [0, 0.05) is 12.7 Å². The predicted molar refractivity (Wildman–Crippen MR) is 98.4 cm³/mol. The Balaban J connectivity index is 0.00000261. The molecule has 9 heteroatoms. The highest BCUT2D eigenvalue weighted by Gasteiger charge is 2.31. The van der Waals surface area contributed by atoms with Gasteiger partial charge in [-0.3, -0.25) is 4.79 Å². The van der Waals surface area contributed by atoms with Gasteiger partial charge in [-0.15, -0.1) is 12.4 Å². The average molecular weight is 403 g/mol. The summed E-state index contributed by atoms with van der Waals surface area (Å²) in [6, 6.07) is 6.34. The number of carbonyl (C=O) groups is 1. The van der Waals surface area contributed by atoms with Crippen molar-refractivity contribution in [2.75, 3.05) is 19.6 Å². The minimum Gasteiger partial charge on any atom is -0.350 e. The first-order chi connectivity index (χ1) is 12.3. The number of hydrogen-bond acceptors (Lipinski definition) is 3. The monoisotopic (exact) mass is 402 g/mol. The van der Waals surface area contributed by atoms with Crippen LogP contribution in [0.1, 0.15) is 35.8 Å². The molecule has 1 aromatic heterocycles. The van der Waals surface area contributed by atoms with Gasteiger partial charge in [-0.1, -0.05) is 13.0 Å². The molecule has 1 aliphatic rings. The molecule has 1 amide bonds. The van der Waals surface area contributed by atoms with Crippen LogP contribution in [0.3, 0.4) is 0 Å². The Morgan fingerprint density at radius 3 is 2.67 bits per heavy atom. The van der Waals surface area contributed by atoms with Crippen LogP contribution in [-0.2, 0) is 6.18 Å². The molecular formula is C18H22ClF3N4O. The summed E-state index contributed by atoms with van der Waals surface area (Å²) in [4.78, 5) is 12.3. The number of carbonyl (C=O) groups excluding carboxylic acids is 1. The standard InChI is InChI=1S/C18H21F3N4O.ClH/c1-17(6-8-22-9-7-17)12-23-16(26)15-5-10-25(24-15)14-4-2-3-13(11-14)18(19,20)21;/h2-5,10-11,22H,6-9,12H2,1H3,(H,23,26);1H. The lowest BCUT2D eigenvalue weighted by molar-refractivity contribution is -0.137. The number of hydrogen-bond donors (Lipinski definition) is 2. The van der Waals surface area contributed by atoms with Crippen molar-refractivity contribution in [3.63, 3.8) is 0 Å². The molecule has 148 valence electrons. The van der Waals surface area contributed by atoms with Gasteiger partial charge in [-0.25, -0.2) is 4.68 Å². The van der Waals surface area contributed by atoms with Gasteiger partial charge in [-0.05, 0) is 55.6 Å². The molecule has 2 heterocycles. The summed E-state index contributed by atoms with van der Waals surface area (Å²) in [7, 11) is 0. The van der Waals surface area contributed by atoms with Gasteiger partial charge in [0.25, 0.3) is 5.91 Å². The molecule has 1 fully saturated rings. The summed E-state index contributed by atoms with van der Waals surface area (Å²) >= 11 is 0. The zero-order chi connectivity index (χ0) is 18.8. The Morgan fingerprint density at radius 2 is 2.00 bits per heavy atom. The number of amides is 1. The smallest absolute Gasteiger partial charge is 0.350 e. The summed E-state index contributed by atoms with van der Waals surface area (Å²) in [5.41, 5.74) is -0.274. The first-order valence-corrected chi connectivity index (χ1v) is 8.49. The van der Waals surface area contributed by atoms with E-state index >= 15 is 0 Å². The van der Waals surface area contributed by atoms with E-state index in [9.17, 15) is 18.0 Å². The fourth-order valence-electron chi connectivity index (χ4n) is 3.00. The van der Waals surface area contributed by atoms with Gasteiger partial charge in [0.05, 0.1) is 11.3 Å². The maximum absolute atomic E-state index is 12.8. The fraction of sp³-hybridized carbons (Fsp3) is 0.444. The quantitative estimate of drug-likeness (QED) is 0.823. The first kappa shape index (κ1) is 21.2. The lowest BCUT2D eigenvalue weighted by atomic mass is 9.81. The third-order valence-corrected chi connectivity index (χ3v) is 4.75. The van der Waals surface area contributed by atoms with Crippen LogP contribution >= 0.6 is 12.4 Å². The van der Waals surface area contributed by atoms with Crippen LogP contribution in [0.25, 0.3) is 5.69 Å². The molecule has 1 saturated heterocycles. The molecule has 0 spiro atoms. The van der Waals surface area contributed by atoms with Crippen molar-refractivity contribution < 1.29 is 18.0 Å². The molecule has 0 unspecified atom stereocenters. The van der Waals surface area contributed by atoms with Gasteiger partial charge in [0.2, 0.25) is 0 Å². The Morgan fingerprint density at radius 1 is 1.30 bits per heavy atom. The summed E-state index contributed by atoms with van der Waals surface area (Å²) in [5, 5.41) is 10.3. The second-order valence-electron chi connectivity index (χ2n) is 6.94. The van der Waals surface area contributed by atoms with Crippen molar-refractivity contribution in [3.8, 4) is 5.69 Å². The zero-order valence-electron chi connectivity index (χ0n) is 14.8. The maximum atomic E-state index is 12.8. The van der Waals surface area contributed by atoms with E-state index in [-0.39, 0.29) is 35.1 Å². The number of nitrogens with one attached hydrogen (secondary N) is 2. The van der Waals surface area contributed by atoms with Gasteiger partial charge in [0.1, 0.15) is 0 Å². The maximum Gasteiger partial charge on any atom is 0.416 e. The third-order valence-electron chi connectivity index (χ3n) is 4.75. The number of rotatable bonds is 4. The van der Waals surface area contributed by atoms with Gasteiger partial charge >= 0.3 is 6.18 Å². The zero-order valence-corrected chi connectivity index (χ0v) is 15.7. The van der Waals surface area contributed by atoms with Gasteiger partial charge in [-0.2, -0.15) is 18.3 Å². The normalized spacial score (nSPS) is 16.4. The van der Waals surface area contributed by atoms with E-state index in [1.165, 1.54) is 29.1 Å². The number of aromatic nitrogens is 2. The fourth-order valence-corrected chi connectivity index (χ4v) is 3.00. The Hall–Kier alpha value is -2.06. The van der Waals surface area contributed by atoms with E-state index < -0.39 is 11.7 Å². The largest absolute Gasteiger partial charge is 0.416 e. The van der Waals surface area contributed by atoms with Gasteiger partial charge in [0.15, 0.2) is 5.69 Å². The highest BCUT2D eigenvalue weighted by molar-refractivity contribution is 5.92. The second-order valence-corrected chi connectivity index (χ2v) is 6.94. The molecule has 2 N–H and O–H groups in total. The third kappa shape index (κ3) is 5.23. The van der Waals surface area contributed by atoms with E-state index in [0.717, 1.165) is 38.1 Å². The number of nitrogens with zero attached hydrogens (tertiary/aromatic N) is 2. The summed E-state index contributed by atoms with van der Waals surface area (Å²) < 4.78 is 39.8. The molecule has 0 saturated carbocycles. The van der Waals surface area contributed by atoms with Crippen molar-refractivity contribution >= 4 is 18.3 Å². The van der Waals surface area contributed by atoms with Crippen LogP contribution in [0.15, 0.2) is 36.5 Å². The van der Waals surface area contributed by atoms with Crippen molar-refractivity contribution in [3.05, 3.63) is 47.8 Å². The molecule has 2 aromatic rings. The SMILES string of the molecule is CC1(CNC(=O)c2ccn(-c3cccc(C(F)(F)F)c3)n2)CCNCC1.Cl. The second kappa shape index (κ2) is 8.31. The van der Waals surface area contributed by atoms with Gasteiger partial charge < -0.3 is 10.6 Å². The molecule has 5 nitrogen and oxygen atoms in total. The van der Waals surface area contributed by atoms with E-state index in [2.05, 4.69) is 22.7 Å². The predicted octanol–water partition coefficient (Wildman–Crippen LogP) is 3.43. The average Bonchev–Trinajstić information content (AvgIpc) is 3.10. The minimum absolute atomic E-state index is 0. The summed E-state index contributed by atoms with van der Waals surface area (Å²) in [6.45, 7) is 4.53. The molecule has 0 atom stereocenters.